The lowest BCUT2D eigenvalue weighted by molar-refractivity contribution is -0.134. The van der Waals surface area contributed by atoms with Crippen molar-refractivity contribution in [2.24, 2.45) is 5.92 Å². The van der Waals surface area contributed by atoms with Crippen LogP contribution in [0.15, 0.2) is 22.8 Å². The number of hydrogen-bond acceptors (Lipinski definition) is 5. The van der Waals surface area contributed by atoms with Gasteiger partial charge >= 0.3 is 5.97 Å². The van der Waals surface area contributed by atoms with Gasteiger partial charge in [0.1, 0.15) is 11.5 Å². The number of methoxy groups -OCH3 is 1. The van der Waals surface area contributed by atoms with Gasteiger partial charge in [-0.05, 0) is 51.3 Å². The Bertz CT molecular complexity index is 861. The van der Waals surface area contributed by atoms with Crippen LogP contribution in [-0.4, -0.2) is 40.7 Å². The first kappa shape index (κ1) is 18.9. The zero-order valence-corrected chi connectivity index (χ0v) is 16.0. The Morgan fingerprint density at radius 3 is 2.59 bits per heavy atom. The molecule has 144 valence electrons. The second-order valence-corrected chi connectivity index (χ2v) is 6.98. The molecule has 0 radical (unpaired) electrons. The molecule has 7 heteroatoms. The molecule has 0 spiro atoms. The van der Waals surface area contributed by atoms with Crippen LogP contribution in [-0.2, 0) is 16.1 Å². The Balaban J connectivity index is 1.90. The van der Waals surface area contributed by atoms with Gasteiger partial charge in [0.2, 0.25) is 5.91 Å². The maximum atomic E-state index is 13.2. The number of ether oxygens (including phenoxy) is 1. The van der Waals surface area contributed by atoms with Crippen molar-refractivity contribution >= 4 is 17.7 Å². The van der Waals surface area contributed by atoms with E-state index in [4.69, 9.17) is 9.15 Å². The number of H-pyrrole nitrogens is 1. The molecule has 0 bridgehead atoms. The normalized spacial score (nSPS) is 14.7. The van der Waals surface area contributed by atoms with Gasteiger partial charge in [0.15, 0.2) is 5.78 Å². The lowest BCUT2D eigenvalue weighted by Gasteiger charge is -2.28. The highest BCUT2D eigenvalue weighted by Crippen LogP contribution is 2.33. The van der Waals surface area contributed by atoms with E-state index in [0.29, 0.717) is 22.6 Å². The van der Waals surface area contributed by atoms with Crippen LogP contribution in [0.25, 0.3) is 0 Å². The summed E-state index contributed by atoms with van der Waals surface area (Å²) in [6.07, 6.45) is 3.25. The fourth-order valence-electron chi connectivity index (χ4n) is 3.32. The summed E-state index contributed by atoms with van der Waals surface area (Å²) in [5.41, 5.74) is 1.81. The Labute approximate surface area is 157 Å². The van der Waals surface area contributed by atoms with E-state index < -0.39 is 12.0 Å². The van der Waals surface area contributed by atoms with Gasteiger partial charge in [-0.2, -0.15) is 0 Å². The Morgan fingerprint density at radius 2 is 2.04 bits per heavy atom. The van der Waals surface area contributed by atoms with Gasteiger partial charge in [0.25, 0.3) is 0 Å². The van der Waals surface area contributed by atoms with Gasteiger partial charge in [0.05, 0.1) is 26.0 Å². The fourth-order valence-corrected chi connectivity index (χ4v) is 3.32. The summed E-state index contributed by atoms with van der Waals surface area (Å²) in [5.74, 6) is -0.164. The van der Waals surface area contributed by atoms with Crippen LogP contribution in [0.1, 0.15) is 57.6 Å². The molecular formula is C20H24N2O5. The molecule has 3 rings (SSSR count). The van der Waals surface area contributed by atoms with Crippen molar-refractivity contribution in [1.29, 1.82) is 0 Å². The number of furan rings is 1. The number of aryl methyl sites for hydroxylation is 1. The van der Waals surface area contributed by atoms with Crippen molar-refractivity contribution in [1.82, 2.24) is 9.88 Å². The average Bonchev–Trinajstić information content (AvgIpc) is 3.30. The number of nitrogens with one attached hydrogen (secondary N) is 1. The standard InChI is InChI=1S/C20H24N2O5/c1-11-16(12(2)21-17(11)20(25)26-4)18(23)13(3)22(19(24)14-7-8-14)10-15-6-5-9-27-15/h5-6,9,13-14,21H,7-8,10H2,1-4H3/t13-/m1/s1. The highest BCUT2D eigenvalue weighted by atomic mass is 16.5. The average molecular weight is 372 g/mol. The van der Waals surface area contributed by atoms with Crippen LogP contribution in [0.4, 0.5) is 0 Å². The molecule has 1 fully saturated rings. The minimum Gasteiger partial charge on any atom is -0.467 e. The van der Waals surface area contributed by atoms with Gasteiger partial charge in [-0.1, -0.05) is 0 Å². The summed E-state index contributed by atoms with van der Waals surface area (Å²) < 4.78 is 10.1. The third-order valence-electron chi connectivity index (χ3n) is 5.04. The van der Waals surface area contributed by atoms with Crippen LogP contribution in [0.5, 0.6) is 0 Å². The summed E-state index contributed by atoms with van der Waals surface area (Å²) in [6.45, 7) is 5.39. The first-order chi connectivity index (χ1) is 12.8. The van der Waals surface area contributed by atoms with E-state index in [1.54, 1.807) is 44.1 Å². The van der Waals surface area contributed by atoms with Crippen LogP contribution in [0.3, 0.4) is 0 Å². The largest absolute Gasteiger partial charge is 0.467 e. The van der Waals surface area contributed by atoms with Crippen molar-refractivity contribution in [2.45, 2.75) is 46.2 Å². The van der Waals surface area contributed by atoms with E-state index >= 15 is 0 Å². The minimum absolute atomic E-state index is 0.0192. The number of carbonyl (C=O) groups is 3. The van der Waals surface area contributed by atoms with Crippen molar-refractivity contribution < 1.29 is 23.5 Å². The number of nitrogens with zero attached hydrogens (tertiary/aromatic N) is 1. The molecule has 2 heterocycles. The third kappa shape index (κ3) is 3.67. The third-order valence-corrected chi connectivity index (χ3v) is 5.04. The van der Waals surface area contributed by atoms with Crippen molar-refractivity contribution in [3.63, 3.8) is 0 Å². The van der Waals surface area contributed by atoms with Crippen molar-refractivity contribution in [2.75, 3.05) is 7.11 Å². The molecule has 0 aromatic carbocycles. The van der Waals surface area contributed by atoms with Crippen LogP contribution in [0, 0.1) is 19.8 Å². The SMILES string of the molecule is COC(=O)c1[nH]c(C)c(C(=O)[C@@H](C)N(Cc2ccco2)C(=O)C2CC2)c1C. The number of esters is 1. The fraction of sp³-hybridized carbons (Fsp3) is 0.450. The maximum Gasteiger partial charge on any atom is 0.354 e. The maximum absolute atomic E-state index is 13.2. The van der Waals surface area contributed by atoms with Gasteiger partial charge in [-0.3, -0.25) is 9.59 Å². The molecule has 2 aromatic heterocycles. The Kier molecular flexibility index (Phi) is 5.21. The number of Topliss-reactive ketones (excluding diaryl/α,β-unsaturated/α-hetero) is 1. The molecule has 1 aliphatic rings. The van der Waals surface area contributed by atoms with E-state index in [1.807, 2.05) is 0 Å². The van der Waals surface area contributed by atoms with Crippen LogP contribution < -0.4 is 0 Å². The summed E-state index contributed by atoms with van der Waals surface area (Å²) in [4.78, 5) is 42.4. The quantitative estimate of drug-likeness (QED) is 0.596. The molecule has 7 nitrogen and oxygen atoms in total. The number of aromatic nitrogens is 1. The van der Waals surface area contributed by atoms with Gasteiger partial charge < -0.3 is 19.0 Å². The molecule has 1 N–H and O–H groups in total. The first-order valence-corrected chi connectivity index (χ1v) is 8.99. The highest BCUT2D eigenvalue weighted by molar-refractivity contribution is 6.06. The molecule has 1 amide bonds. The second-order valence-electron chi connectivity index (χ2n) is 6.98. The topological polar surface area (TPSA) is 92.6 Å². The monoisotopic (exact) mass is 372 g/mol. The highest BCUT2D eigenvalue weighted by Gasteiger charge is 2.38. The van der Waals surface area contributed by atoms with E-state index in [1.165, 1.54) is 7.11 Å². The zero-order chi connectivity index (χ0) is 19.7. The lowest BCUT2D eigenvalue weighted by atomic mass is 9.99. The van der Waals surface area contributed by atoms with Gasteiger partial charge in [0, 0.05) is 17.2 Å². The Hall–Kier alpha value is -2.83. The first-order valence-electron chi connectivity index (χ1n) is 8.99. The van der Waals surface area contributed by atoms with Gasteiger partial charge in [-0.25, -0.2) is 4.79 Å². The predicted octanol–water partition coefficient (Wildman–Crippen LogP) is 3.02. The Morgan fingerprint density at radius 1 is 1.33 bits per heavy atom. The number of rotatable bonds is 7. The van der Waals surface area contributed by atoms with E-state index in [9.17, 15) is 14.4 Å². The van der Waals surface area contributed by atoms with Crippen LogP contribution >= 0.6 is 0 Å². The number of aromatic amines is 1. The number of amides is 1. The molecule has 1 saturated carbocycles. The number of carbonyl (C=O) groups excluding carboxylic acids is 3. The van der Waals surface area contributed by atoms with Crippen molar-refractivity contribution in [3.8, 4) is 0 Å². The lowest BCUT2D eigenvalue weighted by Crippen LogP contribution is -2.43. The molecular weight excluding hydrogens is 348 g/mol. The molecule has 0 saturated heterocycles. The summed E-state index contributed by atoms with van der Waals surface area (Å²) in [6, 6.07) is 2.86. The smallest absolute Gasteiger partial charge is 0.354 e. The molecule has 0 unspecified atom stereocenters. The minimum atomic E-state index is -0.679. The molecule has 1 aliphatic carbocycles. The molecule has 0 aliphatic heterocycles. The predicted molar refractivity (Wildman–Crippen MR) is 97.4 cm³/mol. The second kappa shape index (κ2) is 7.42. The van der Waals surface area contributed by atoms with E-state index in [-0.39, 0.29) is 29.8 Å². The summed E-state index contributed by atoms with van der Waals surface area (Å²) in [7, 11) is 1.29. The van der Waals surface area contributed by atoms with Crippen molar-refractivity contribution in [3.05, 3.63) is 46.7 Å². The summed E-state index contributed by atoms with van der Waals surface area (Å²) >= 11 is 0. The van der Waals surface area contributed by atoms with E-state index in [2.05, 4.69) is 4.98 Å². The molecule has 1 atom stereocenters. The molecule has 2 aromatic rings. The van der Waals surface area contributed by atoms with E-state index in [0.717, 1.165) is 12.8 Å². The summed E-state index contributed by atoms with van der Waals surface area (Å²) in [5, 5.41) is 0. The number of ketones is 1. The van der Waals surface area contributed by atoms with Crippen LogP contribution in [0.2, 0.25) is 0 Å². The molecule has 27 heavy (non-hydrogen) atoms. The zero-order valence-electron chi connectivity index (χ0n) is 16.0. The number of hydrogen-bond donors (Lipinski definition) is 1. The van der Waals surface area contributed by atoms with Gasteiger partial charge in [-0.15, -0.1) is 0 Å².